The van der Waals surface area contributed by atoms with Gasteiger partial charge in [-0.25, -0.2) is 0 Å². The van der Waals surface area contributed by atoms with Gasteiger partial charge in [-0.2, -0.15) is 0 Å². The molecule has 0 heterocycles. The van der Waals surface area contributed by atoms with E-state index in [1.165, 1.54) is 0 Å². The summed E-state index contributed by atoms with van der Waals surface area (Å²) in [5.41, 5.74) is 4.85. The van der Waals surface area contributed by atoms with Crippen molar-refractivity contribution in [3.63, 3.8) is 0 Å². The van der Waals surface area contributed by atoms with Crippen LogP contribution in [0.2, 0.25) is 10.0 Å². The average Bonchev–Trinajstić information content (AvgIpc) is 2.40. The van der Waals surface area contributed by atoms with Gasteiger partial charge in [-0.3, -0.25) is 4.79 Å². The number of hydrogen-bond donors (Lipinski definition) is 2. The zero-order valence-corrected chi connectivity index (χ0v) is 14.9. The number of thioether (sulfide) groups is 1. The number of nitrogens with one attached hydrogen (secondary N) is 1. The van der Waals surface area contributed by atoms with Crippen molar-refractivity contribution in [2.24, 2.45) is 5.73 Å². The maximum Gasteiger partial charge on any atom is 0.237 e. The van der Waals surface area contributed by atoms with Gasteiger partial charge in [0, 0.05) is 10.1 Å². The van der Waals surface area contributed by atoms with Gasteiger partial charge in [-0.15, -0.1) is 11.8 Å². The lowest BCUT2D eigenvalue weighted by molar-refractivity contribution is -0.124. The summed E-state index contributed by atoms with van der Waals surface area (Å²) in [7, 11) is 0. The van der Waals surface area contributed by atoms with E-state index < -0.39 is 5.54 Å². The Balaban J connectivity index is 2.71. The van der Waals surface area contributed by atoms with Gasteiger partial charge >= 0.3 is 0 Å². The maximum absolute atomic E-state index is 11.7. The molecule has 3 nitrogen and oxygen atoms in total. The summed E-state index contributed by atoms with van der Waals surface area (Å²) in [6.07, 6.45) is 1.60. The fourth-order valence-electron chi connectivity index (χ4n) is 2.06. The van der Waals surface area contributed by atoms with E-state index in [-0.39, 0.29) is 11.2 Å². The molecule has 118 valence electrons. The number of amides is 1. The molecule has 0 bridgehead atoms. The normalized spacial score (nSPS) is 15.5. The van der Waals surface area contributed by atoms with E-state index in [4.69, 9.17) is 28.9 Å². The molecule has 1 amide bonds. The molecule has 0 saturated heterocycles. The third-order valence-electron chi connectivity index (χ3n) is 3.23. The minimum atomic E-state index is -0.696. The smallest absolute Gasteiger partial charge is 0.237 e. The van der Waals surface area contributed by atoms with Crippen molar-refractivity contribution in [2.45, 2.75) is 49.3 Å². The lowest BCUT2D eigenvalue weighted by Gasteiger charge is -2.30. The summed E-state index contributed by atoms with van der Waals surface area (Å²) in [5, 5.41) is 4.54. The van der Waals surface area contributed by atoms with Crippen LogP contribution in [0, 0.1) is 0 Å². The molecule has 0 saturated carbocycles. The fraction of sp³-hybridized carbons (Fsp3) is 0.533. The second-order valence-corrected chi connectivity index (χ2v) is 7.66. The highest BCUT2D eigenvalue weighted by Gasteiger charge is 2.32. The first-order valence-electron chi connectivity index (χ1n) is 6.95. The Hall–Kier alpha value is -0.420. The van der Waals surface area contributed by atoms with Gasteiger partial charge < -0.3 is 11.1 Å². The van der Waals surface area contributed by atoms with Crippen LogP contribution in [0.15, 0.2) is 23.1 Å². The summed E-state index contributed by atoms with van der Waals surface area (Å²) in [6.45, 7) is 6.75. The van der Waals surface area contributed by atoms with Crippen LogP contribution in [0.1, 0.15) is 33.6 Å². The number of rotatable bonds is 8. The number of hydrogen-bond acceptors (Lipinski definition) is 3. The Labute approximate surface area is 140 Å². The van der Waals surface area contributed by atoms with E-state index in [1.54, 1.807) is 17.8 Å². The van der Waals surface area contributed by atoms with Gasteiger partial charge in [0.25, 0.3) is 0 Å². The number of nitrogens with two attached hydrogens (primary N) is 1. The van der Waals surface area contributed by atoms with Crippen LogP contribution in [0.4, 0.5) is 0 Å². The molecular weight excluding hydrogens is 327 g/mol. The molecule has 3 N–H and O–H groups in total. The highest BCUT2D eigenvalue weighted by molar-refractivity contribution is 8.00. The standard InChI is InChI=1S/C15H22Cl2N2OS/c1-4-7-19-15(3,14(18)20)9-10(2)21-11-5-6-12(16)13(17)8-11/h5-6,8,10,19H,4,7,9H2,1-3H3,(H2,18,20). The predicted molar refractivity (Wildman–Crippen MR) is 92.3 cm³/mol. The lowest BCUT2D eigenvalue weighted by Crippen LogP contribution is -2.54. The van der Waals surface area contributed by atoms with Crippen LogP contribution in [0.3, 0.4) is 0 Å². The van der Waals surface area contributed by atoms with Gasteiger partial charge in [0.1, 0.15) is 0 Å². The van der Waals surface area contributed by atoms with E-state index >= 15 is 0 Å². The number of benzene rings is 1. The summed E-state index contributed by atoms with van der Waals surface area (Å²) in [4.78, 5) is 12.8. The maximum atomic E-state index is 11.7. The molecule has 2 unspecified atom stereocenters. The Morgan fingerprint density at radius 1 is 1.43 bits per heavy atom. The molecule has 0 aliphatic rings. The van der Waals surface area contributed by atoms with E-state index in [9.17, 15) is 4.79 Å². The second-order valence-electron chi connectivity index (χ2n) is 5.33. The third kappa shape index (κ3) is 5.70. The molecule has 0 radical (unpaired) electrons. The zero-order valence-electron chi connectivity index (χ0n) is 12.6. The van der Waals surface area contributed by atoms with Crippen LogP contribution in [0.25, 0.3) is 0 Å². The Bertz CT molecular complexity index is 499. The van der Waals surface area contributed by atoms with Crippen LogP contribution in [0.5, 0.6) is 0 Å². The topological polar surface area (TPSA) is 55.1 Å². The Kier molecular flexibility index (Phi) is 7.34. The van der Waals surface area contributed by atoms with Crippen molar-refractivity contribution >= 4 is 40.9 Å². The Morgan fingerprint density at radius 3 is 2.62 bits per heavy atom. The van der Waals surface area contributed by atoms with E-state index in [2.05, 4.69) is 19.2 Å². The summed E-state index contributed by atoms with van der Waals surface area (Å²) >= 11 is 13.6. The third-order valence-corrected chi connectivity index (χ3v) is 5.07. The van der Waals surface area contributed by atoms with Crippen LogP contribution in [-0.2, 0) is 4.79 Å². The zero-order chi connectivity index (χ0) is 16.0. The van der Waals surface area contributed by atoms with Gasteiger partial charge in [-0.1, -0.05) is 37.0 Å². The monoisotopic (exact) mass is 348 g/mol. The molecule has 1 rings (SSSR count). The van der Waals surface area contributed by atoms with Crippen LogP contribution >= 0.6 is 35.0 Å². The first kappa shape index (κ1) is 18.6. The Morgan fingerprint density at radius 2 is 2.10 bits per heavy atom. The van der Waals surface area contributed by atoms with E-state index in [0.29, 0.717) is 16.5 Å². The SMILES string of the molecule is CCCNC(C)(CC(C)Sc1ccc(Cl)c(Cl)c1)C(N)=O. The molecule has 21 heavy (non-hydrogen) atoms. The summed E-state index contributed by atoms with van der Waals surface area (Å²) in [5.74, 6) is -0.322. The largest absolute Gasteiger partial charge is 0.368 e. The summed E-state index contributed by atoms with van der Waals surface area (Å²) in [6, 6.07) is 5.55. The molecule has 6 heteroatoms. The van der Waals surface area contributed by atoms with Crippen molar-refractivity contribution < 1.29 is 4.79 Å². The molecule has 0 spiro atoms. The summed E-state index contributed by atoms with van der Waals surface area (Å²) < 4.78 is 0. The molecule has 2 atom stereocenters. The first-order chi connectivity index (χ1) is 9.78. The molecule has 0 aliphatic heterocycles. The molecular formula is C15H22Cl2N2OS. The van der Waals surface area contributed by atoms with Gasteiger partial charge in [0.05, 0.1) is 15.6 Å². The van der Waals surface area contributed by atoms with Gasteiger partial charge in [0.15, 0.2) is 0 Å². The highest BCUT2D eigenvalue weighted by atomic mass is 35.5. The highest BCUT2D eigenvalue weighted by Crippen LogP contribution is 2.32. The van der Waals surface area contributed by atoms with E-state index in [1.807, 2.05) is 19.1 Å². The van der Waals surface area contributed by atoms with Crippen LogP contribution in [-0.4, -0.2) is 23.2 Å². The molecule has 0 fully saturated rings. The first-order valence-corrected chi connectivity index (χ1v) is 8.58. The average molecular weight is 349 g/mol. The molecule has 1 aromatic rings. The predicted octanol–water partition coefficient (Wildman–Crippen LogP) is 4.11. The van der Waals surface area contributed by atoms with Crippen LogP contribution < -0.4 is 11.1 Å². The molecule has 0 aliphatic carbocycles. The van der Waals surface area contributed by atoms with Crippen molar-refractivity contribution in [2.75, 3.05) is 6.54 Å². The van der Waals surface area contributed by atoms with Crippen molar-refractivity contribution in [1.29, 1.82) is 0 Å². The van der Waals surface area contributed by atoms with E-state index in [0.717, 1.165) is 17.9 Å². The van der Waals surface area contributed by atoms with Crippen molar-refractivity contribution in [3.8, 4) is 0 Å². The number of primary amides is 1. The minimum absolute atomic E-state index is 0.212. The lowest BCUT2D eigenvalue weighted by atomic mass is 9.95. The number of halogens is 2. The van der Waals surface area contributed by atoms with Gasteiger partial charge in [0.2, 0.25) is 5.91 Å². The number of carbonyl (C=O) groups is 1. The second kappa shape index (κ2) is 8.28. The van der Waals surface area contributed by atoms with Gasteiger partial charge in [-0.05, 0) is 44.5 Å². The number of carbonyl (C=O) groups excluding carboxylic acids is 1. The molecule has 0 aromatic heterocycles. The van der Waals surface area contributed by atoms with Crippen molar-refractivity contribution in [3.05, 3.63) is 28.2 Å². The molecule has 1 aromatic carbocycles. The van der Waals surface area contributed by atoms with Crippen molar-refractivity contribution in [1.82, 2.24) is 5.32 Å². The fourth-order valence-corrected chi connectivity index (χ4v) is 3.64. The minimum Gasteiger partial charge on any atom is -0.368 e. The quantitative estimate of drug-likeness (QED) is 0.695.